The second-order valence-corrected chi connectivity index (χ2v) is 6.90. The molecular formula is C23H20ClFN2O2. The summed E-state index contributed by atoms with van der Waals surface area (Å²) in [4.78, 5) is 25.2. The van der Waals surface area contributed by atoms with Crippen LogP contribution in [-0.2, 0) is 11.3 Å². The molecule has 3 aromatic rings. The zero-order chi connectivity index (χ0) is 20.6. The molecule has 4 nitrogen and oxygen atoms in total. The molecule has 0 saturated heterocycles. The summed E-state index contributed by atoms with van der Waals surface area (Å²) in [7, 11) is 0. The topological polar surface area (TPSA) is 58.2 Å². The Morgan fingerprint density at radius 2 is 1.55 bits per heavy atom. The number of benzene rings is 3. The molecule has 2 N–H and O–H groups in total. The molecule has 0 aliphatic heterocycles. The van der Waals surface area contributed by atoms with Crippen LogP contribution in [0.15, 0.2) is 78.9 Å². The van der Waals surface area contributed by atoms with E-state index in [9.17, 15) is 14.0 Å². The lowest BCUT2D eigenvalue weighted by Gasteiger charge is -2.19. The minimum Gasteiger partial charge on any atom is -0.352 e. The van der Waals surface area contributed by atoms with Crippen molar-refractivity contribution in [3.63, 3.8) is 0 Å². The number of hydrogen-bond donors (Lipinski definition) is 2. The zero-order valence-electron chi connectivity index (χ0n) is 15.6. The highest BCUT2D eigenvalue weighted by Gasteiger charge is 2.20. The molecule has 148 valence electrons. The van der Waals surface area contributed by atoms with Crippen molar-refractivity contribution in [3.8, 4) is 0 Å². The van der Waals surface area contributed by atoms with E-state index in [1.165, 1.54) is 6.07 Å². The van der Waals surface area contributed by atoms with Crippen LogP contribution in [-0.4, -0.2) is 11.8 Å². The molecule has 0 fully saturated rings. The molecular weight excluding hydrogens is 391 g/mol. The van der Waals surface area contributed by atoms with E-state index in [-0.39, 0.29) is 30.6 Å². The SMILES string of the molecule is O=C(C[C@@H](NC(=O)c1ccccc1Cl)c1ccccc1)NCc1ccccc1F. The van der Waals surface area contributed by atoms with Crippen LogP contribution in [0.2, 0.25) is 5.02 Å². The molecule has 1 atom stereocenters. The van der Waals surface area contributed by atoms with Crippen LogP contribution in [0.4, 0.5) is 4.39 Å². The van der Waals surface area contributed by atoms with Gasteiger partial charge in [0.15, 0.2) is 0 Å². The predicted octanol–water partition coefficient (Wildman–Crippen LogP) is 4.66. The van der Waals surface area contributed by atoms with Crippen molar-refractivity contribution < 1.29 is 14.0 Å². The van der Waals surface area contributed by atoms with Gasteiger partial charge >= 0.3 is 0 Å². The molecule has 6 heteroatoms. The van der Waals surface area contributed by atoms with Crippen LogP contribution < -0.4 is 10.6 Å². The third-order valence-electron chi connectivity index (χ3n) is 4.45. The molecule has 0 unspecified atom stereocenters. The third-order valence-corrected chi connectivity index (χ3v) is 4.78. The summed E-state index contributed by atoms with van der Waals surface area (Å²) in [6.45, 7) is 0.0749. The monoisotopic (exact) mass is 410 g/mol. The lowest BCUT2D eigenvalue weighted by Crippen LogP contribution is -2.33. The molecule has 0 aromatic heterocycles. The molecule has 0 radical (unpaired) electrons. The van der Waals surface area contributed by atoms with Crippen LogP contribution in [0.1, 0.15) is 33.9 Å². The van der Waals surface area contributed by atoms with Crippen LogP contribution >= 0.6 is 11.6 Å². The van der Waals surface area contributed by atoms with Crippen molar-refractivity contribution in [2.24, 2.45) is 0 Å². The Kier molecular flexibility index (Phi) is 6.98. The first kappa shape index (κ1) is 20.6. The number of nitrogens with one attached hydrogen (secondary N) is 2. The van der Waals surface area contributed by atoms with E-state index in [0.717, 1.165) is 5.56 Å². The second-order valence-electron chi connectivity index (χ2n) is 6.49. The van der Waals surface area contributed by atoms with Crippen molar-refractivity contribution in [2.75, 3.05) is 0 Å². The maximum absolute atomic E-state index is 13.7. The van der Waals surface area contributed by atoms with Crippen LogP contribution in [0, 0.1) is 5.82 Å². The summed E-state index contributed by atoms with van der Waals surface area (Å²) in [5, 5.41) is 5.91. The predicted molar refractivity (Wildman–Crippen MR) is 111 cm³/mol. The van der Waals surface area contributed by atoms with Gasteiger partial charge in [0.1, 0.15) is 5.82 Å². The first-order chi connectivity index (χ1) is 14.0. The fourth-order valence-electron chi connectivity index (χ4n) is 2.91. The summed E-state index contributed by atoms with van der Waals surface area (Å²) < 4.78 is 13.7. The Hall–Kier alpha value is -3.18. The van der Waals surface area contributed by atoms with Crippen molar-refractivity contribution in [3.05, 3.63) is 106 Å². The molecule has 0 aliphatic carbocycles. The maximum atomic E-state index is 13.7. The highest BCUT2D eigenvalue weighted by molar-refractivity contribution is 6.33. The Morgan fingerprint density at radius 1 is 0.897 bits per heavy atom. The first-order valence-electron chi connectivity index (χ1n) is 9.15. The van der Waals surface area contributed by atoms with Gasteiger partial charge in [0, 0.05) is 12.1 Å². The van der Waals surface area contributed by atoms with Gasteiger partial charge in [-0.1, -0.05) is 72.3 Å². The normalized spacial score (nSPS) is 11.5. The highest BCUT2D eigenvalue weighted by Crippen LogP contribution is 2.20. The van der Waals surface area contributed by atoms with Gasteiger partial charge in [0.2, 0.25) is 5.91 Å². The molecule has 0 saturated carbocycles. The fraction of sp³-hybridized carbons (Fsp3) is 0.130. The average molecular weight is 411 g/mol. The van der Waals surface area contributed by atoms with E-state index in [1.54, 1.807) is 42.5 Å². The van der Waals surface area contributed by atoms with Gasteiger partial charge in [-0.15, -0.1) is 0 Å². The number of carbonyl (C=O) groups excluding carboxylic acids is 2. The van der Waals surface area contributed by atoms with Gasteiger partial charge in [-0.05, 0) is 23.8 Å². The lowest BCUT2D eigenvalue weighted by atomic mass is 10.0. The zero-order valence-corrected chi connectivity index (χ0v) is 16.3. The maximum Gasteiger partial charge on any atom is 0.253 e. The van der Waals surface area contributed by atoms with Crippen LogP contribution in [0.25, 0.3) is 0 Å². The largest absolute Gasteiger partial charge is 0.352 e. The molecule has 0 spiro atoms. The lowest BCUT2D eigenvalue weighted by molar-refractivity contribution is -0.121. The van der Waals surface area contributed by atoms with Gasteiger partial charge in [-0.2, -0.15) is 0 Å². The van der Waals surface area contributed by atoms with Gasteiger partial charge in [-0.25, -0.2) is 4.39 Å². The van der Waals surface area contributed by atoms with Crippen LogP contribution in [0.3, 0.4) is 0 Å². The van der Waals surface area contributed by atoms with Gasteiger partial charge in [0.05, 0.1) is 23.0 Å². The van der Waals surface area contributed by atoms with Crippen molar-refractivity contribution in [2.45, 2.75) is 19.0 Å². The summed E-state index contributed by atoms with van der Waals surface area (Å²) in [5.41, 5.74) is 1.52. The smallest absolute Gasteiger partial charge is 0.253 e. The molecule has 0 bridgehead atoms. The first-order valence-corrected chi connectivity index (χ1v) is 9.53. The van der Waals surface area contributed by atoms with Crippen molar-refractivity contribution in [1.29, 1.82) is 0 Å². The molecule has 0 aliphatic rings. The van der Waals surface area contributed by atoms with E-state index in [2.05, 4.69) is 10.6 Å². The number of hydrogen-bond acceptors (Lipinski definition) is 2. The number of rotatable bonds is 7. The minimum atomic E-state index is -0.555. The second kappa shape index (κ2) is 9.85. The van der Waals surface area contributed by atoms with Gasteiger partial charge in [-0.3, -0.25) is 9.59 Å². The van der Waals surface area contributed by atoms with Gasteiger partial charge in [0.25, 0.3) is 5.91 Å². The number of amides is 2. The molecule has 2 amide bonds. The number of halogens is 2. The van der Waals surface area contributed by atoms with Crippen molar-refractivity contribution in [1.82, 2.24) is 10.6 Å². The highest BCUT2D eigenvalue weighted by atomic mass is 35.5. The Balaban J connectivity index is 1.71. The fourth-order valence-corrected chi connectivity index (χ4v) is 3.13. The summed E-state index contributed by atoms with van der Waals surface area (Å²) in [6.07, 6.45) is 0.00859. The van der Waals surface area contributed by atoms with Gasteiger partial charge < -0.3 is 10.6 Å². The Morgan fingerprint density at radius 3 is 2.28 bits per heavy atom. The quantitative estimate of drug-likeness (QED) is 0.595. The molecule has 3 aromatic carbocycles. The van der Waals surface area contributed by atoms with Crippen LogP contribution in [0.5, 0.6) is 0 Å². The van der Waals surface area contributed by atoms with E-state index in [4.69, 9.17) is 11.6 Å². The summed E-state index contributed by atoms with van der Waals surface area (Å²) in [6, 6.07) is 21.6. The summed E-state index contributed by atoms with van der Waals surface area (Å²) in [5.74, 6) is -1.05. The van der Waals surface area contributed by atoms with E-state index < -0.39 is 6.04 Å². The van der Waals surface area contributed by atoms with E-state index >= 15 is 0 Å². The molecule has 3 rings (SSSR count). The third kappa shape index (κ3) is 5.65. The standard InChI is InChI=1S/C23H20ClFN2O2/c24-19-12-6-5-11-18(19)23(29)27-21(16-8-2-1-3-9-16)14-22(28)26-15-17-10-4-7-13-20(17)25/h1-13,21H,14-15H2,(H,26,28)(H,27,29)/t21-/m1/s1. The Bertz CT molecular complexity index is 995. The average Bonchev–Trinajstić information content (AvgIpc) is 2.73. The minimum absolute atomic E-state index is 0.00859. The summed E-state index contributed by atoms with van der Waals surface area (Å²) >= 11 is 6.11. The number of carbonyl (C=O) groups is 2. The van der Waals surface area contributed by atoms with E-state index in [0.29, 0.717) is 16.1 Å². The Labute approximate surface area is 173 Å². The molecule has 29 heavy (non-hydrogen) atoms. The van der Waals surface area contributed by atoms with E-state index in [1.807, 2.05) is 30.3 Å². The molecule has 0 heterocycles. The van der Waals surface area contributed by atoms with Crippen molar-refractivity contribution >= 4 is 23.4 Å².